The lowest BCUT2D eigenvalue weighted by molar-refractivity contribution is 0.629. The number of fused-ring (bicyclic) bond motifs is 1. The summed E-state index contributed by atoms with van der Waals surface area (Å²) in [4.78, 5) is 4.17. The quantitative estimate of drug-likeness (QED) is 0.678. The highest BCUT2D eigenvalue weighted by molar-refractivity contribution is 9.10. The molecule has 62 valence electrons. The molecule has 1 heterocycles. The van der Waals surface area contributed by atoms with Crippen LogP contribution in [0.4, 0.5) is 4.39 Å². The number of aromatic nitrogens is 2. The average Bonchev–Trinajstić information content (AvgIpc) is 2.31. The summed E-state index contributed by atoms with van der Waals surface area (Å²) in [6.07, 6.45) is 0. The lowest BCUT2D eigenvalue weighted by Gasteiger charge is -1.94. The van der Waals surface area contributed by atoms with Crippen molar-refractivity contribution in [1.29, 1.82) is 0 Å². The van der Waals surface area contributed by atoms with Crippen LogP contribution in [0, 0.1) is 5.82 Å². The molecule has 2 rings (SSSR count). The van der Waals surface area contributed by atoms with Crippen LogP contribution in [0.2, 0.25) is 0 Å². The van der Waals surface area contributed by atoms with Crippen molar-refractivity contribution in [1.82, 2.24) is 9.55 Å². The average molecular weight is 229 g/mol. The fraction of sp³-hybridized carbons (Fsp3) is 0.125. The van der Waals surface area contributed by atoms with Gasteiger partial charge in [0.2, 0.25) is 0 Å². The summed E-state index contributed by atoms with van der Waals surface area (Å²) in [6, 6.07) is 4.53. The van der Waals surface area contributed by atoms with E-state index in [0.29, 0.717) is 4.73 Å². The van der Waals surface area contributed by atoms with Crippen molar-refractivity contribution in [2.75, 3.05) is 0 Å². The van der Waals surface area contributed by atoms with E-state index in [4.69, 9.17) is 0 Å². The van der Waals surface area contributed by atoms with E-state index in [9.17, 15) is 4.39 Å². The zero-order valence-electron chi connectivity index (χ0n) is 6.38. The predicted molar refractivity (Wildman–Crippen MR) is 48.4 cm³/mol. The number of benzene rings is 1. The van der Waals surface area contributed by atoms with E-state index in [2.05, 4.69) is 20.9 Å². The van der Waals surface area contributed by atoms with Gasteiger partial charge in [-0.15, -0.1) is 0 Å². The Balaban J connectivity index is 2.88. The minimum absolute atomic E-state index is 0.238. The summed E-state index contributed by atoms with van der Waals surface area (Å²) in [7, 11) is 1.83. The molecule has 1 aromatic carbocycles. The molecule has 0 aliphatic rings. The van der Waals surface area contributed by atoms with Gasteiger partial charge >= 0.3 is 0 Å². The van der Waals surface area contributed by atoms with Gasteiger partial charge in [0.05, 0.1) is 11.0 Å². The van der Waals surface area contributed by atoms with Gasteiger partial charge in [0, 0.05) is 7.05 Å². The van der Waals surface area contributed by atoms with E-state index in [-0.39, 0.29) is 5.82 Å². The van der Waals surface area contributed by atoms with E-state index in [1.54, 1.807) is 10.6 Å². The van der Waals surface area contributed by atoms with Gasteiger partial charge in [0.1, 0.15) is 5.82 Å². The van der Waals surface area contributed by atoms with Crippen molar-refractivity contribution in [3.05, 3.63) is 28.7 Å². The van der Waals surface area contributed by atoms with Crippen LogP contribution >= 0.6 is 15.9 Å². The summed E-state index contributed by atoms with van der Waals surface area (Å²) >= 11 is 3.26. The second-order valence-electron chi connectivity index (χ2n) is 2.57. The first kappa shape index (κ1) is 7.73. The first-order chi connectivity index (χ1) is 5.68. The fourth-order valence-electron chi connectivity index (χ4n) is 1.13. The molecule has 2 nitrogen and oxygen atoms in total. The largest absolute Gasteiger partial charge is 0.322 e. The first-order valence-electron chi connectivity index (χ1n) is 3.46. The molecule has 0 saturated carbocycles. The SMILES string of the molecule is Cn1c(Br)nc2ccc(F)cc21. The summed E-state index contributed by atoms with van der Waals surface area (Å²) in [5.41, 5.74) is 1.59. The topological polar surface area (TPSA) is 17.8 Å². The smallest absolute Gasteiger partial charge is 0.177 e. The third kappa shape index (κ3) is 1.03. The Kier molecular flexibility index (Phi) is 1.65. The van der Waals surface area contributed by atoms with Crippen LogP contribution < -0.4 is 0 Å². The van der Waals surface area contributed by atoms with Gasteiger partial charge in [0.15, 0.2) is 4.73 Å². The maximum Gasteiger partial charge on any atom is 0.177 e. The van der Waals surface area contributed by atoms with Gasteiger partial charge in [-0.05, 0) is 34.1 Å². The molecular formula is C8H6BrFN2. The van der Waals surface area contributed by atoms with Crippen LogP contribution in [0.25, 0.3) is 11.0 Å². The summed E-state index contributed by atoms with van der Waals surface area (Å²) < 4.78 is 15.3. The Labute approximate surface area is 77.1 Å². The number of nitrogens with zero attached hydrogens (tertiary/aromatic N) is 2. The van der Waals surface area contributed by atoms with Gasteiger partial charge in [-0.25, -0.2) is 9.37 Å². The minimum atomic E-state index is -0.238. The Morgan fingerprint density at radius 3 is 3.00 bits per heavy atom. The molecule has 0 atom stereocenters. The first-order valence-corrected chi connectivity index (χ1v) is 4.25. The Bertz CT molecular complexity index is 436. The van der Waals surface area contributed by atoms with Crippen molar-refractivity contribution in [2.24, 2.45) is 7.05 Å². The van der Waals surface area contributed by atoms with Gasteiger partial charge in [-0.3, -0.25) is 0 Å². The molecule has 1 aromatic heterocycles. The highest BCUT2D eigenvalue weighted by Crippen LogP contribution is 2.18. The van der Waals surface area contributed by atoms with Gasteiger partial charge in [-0.2, -0.15) is 0 Å². The van der Waals surface area contributed by atoms with Crippen LogP contribution in [0.5, 0.6) is 0 Å². The molecule has 0 radical (unpaired) electrons. The Morgan fingerprint density at radius 2 is 2.25 bits per heavy atom. The van der Waals surface area contributed by atoms with Gasteiger partial charge < -0.3 is 4.57 Å². The number of rotatable bonds is 0. The third-order valence-corrected chi connectivity index (χ3v) is 2.50. The second kappa shape index (κ2) is 2.55. The van der Waals surface area contributed by atoms with Crippen molar-refractivity contribution >= 4 is 27.0 Å². The predicted octanol–water partition coefficient (Wildman–Crippen LogP) is 2.47. The molecule has 0 bridgehead atoms. The number of halogens is 2. The number of hydrogen-bond donors (Lipinski definition) is 0. The Hall–Kier alpha value is -0.900. The number of aryl methyl sites for hydroxylation is 1. The summed E-state index contributed by atoms with van der Waals surface area (Å²) in [5, 5.41) is 0. The molecule has 0 aliphatic heterocycles. The molecule has 0 fully saturated rings. The van der Waals surface area contributed by atoms with Crippen LogP contribution in [-0.2, 0) is 7.05 Å². The highest BCUT2D eigenvalue weighted by Gasteiger charge is 2.04. The van der Waals surface area contributed by atoms with E-state index in [0.717, 1.165) is 11.0 Å². The number of hydrogen-bond acceptors (Lipinski definition) is 1. The van der Waals surface area contributed by atoms with Gasteiger partial charge in [-0.1, -0.05) is 0 Å². The molecule has 0 unspecified atom stereocenters. The Morgan fingerprint density at radius 1 is 1.50 bits per heavy atom. The molecule has 0 amide bonds. The molecule has 0 N–H and O–H groups in total. The van der Waals surface area contributed by atoms with Crippen LogP contribution in [-0.4, -0.2) is 9.55 Å². The normalized spacial score (nSPS) is 10.9. The molecule has 2 aromatic rings. The number of imidazole rings is 1. The monoisotopic (exact) mass is 228 g/mol. The molecular weight excluding hydrogens is 223 g/mol. The van der Waals surface area contributed by atoms with Crippen LogP contribution in [0.15, 0.2) is 22.9 Å². The molecule has 4 heteroatoms. The standard InChI is InChI=1S/C8H6BrFN2/c1-12-7-4-5(10)2-3-6(7)11-8(12)9/h2-4H,1H3. The van der Waals surface area contributed by atoms with E-state index in [1.807, 2.05) is 7.05 Å². The van der Waals surface area contributed by atoms with Crippen molar-refractivity contribution in [2.45, 2.75) is 0 Å². The van der Waals surface area contributed by atoms with Crippen molar-refractivity contribution in [3.8, 4) is 0 Å². The van der Waals surface area contributed by atoms with E-state index < -0.39 is 0 Å². The van der Waals surface area contributed by atoms with Crippen molar-refractivity contribution < 1.29 is 4.39 Å². The van der Waals surface area contributed by atoms with Crippen LogP contribution in [0.3, 0.4) is 0 Å². The molecule has 12 heavy (non-hydrogen) atoms. The van der Waals surface area contributed by atoms with Gasteiger partial charge in [0.25, 0.3) is 0 Å². The lowest BCUT2D eigenvalue weighted by atomic mass is 10.3. The summed E-state index contributed by atoms with van der Waals surface area (Å²) in [6.45, 7) is 0. The zero-order chi connectivity index (χ0) is 8.72. The van der Waals surface area contributed by atoms with Crippen molar-refractivity contribution in [3.63, 3.8) is 0 Å². The van der Waals surface area contributed by atoms with Crippen LogP contribution in [0.1, 0.15) is 0 Å². The minimum Gasteiger partial charge on any atom is -0.322 e. The molecule has 0 saturated heterocycles. The second-order valence-corrected chi connectivity index (χ2v) is 3.28. The maximum absolute atomic E-state index is 12.8. The third-order valence-electron chi connectivity index (χ3n) is 1.79. The lowest BCUT2D eigenvalue weighted by Crippen LogP contribution is -1.86. The van der Waals surface area contributed by atoms with E-state index >= 15 is 0 Å². The maximum atomic E-state index is 12.8. The molecule has 0 aliphatic carbocycles. The summed E-state index contributed by atoms with van der Waals surface area (Å²) in [5.74, 6) is -0.238. The van der Waals surface area contributed by atoms with E-state index in [1.165, 1.54) is 12.1 Å². The zero-order valence-corrected chi connectivity index (χ0v) is 7.97. The highest BCUT2D eigenvalue weighted by atomic mass is 79.9. The molecule has 0 spiro atoms. The fourth-order valence-corrected chi connectivity index (χ4v) is 1.52.